The number of fused-ring (bicyclic) bond motifs is 3. The van der Waals surface area contributed by atoms with Crippen LogP contribution in [-0.4, -0.2) is 239 Å². The summed E-state index contributed by atoms with van der Waals surface area (Å²) in [6, 6.07) is 32.8. The summed E-state index contributed by atoms with van der Waals surface area (Å²) in [6.07, 6.45) is 0.717. The molecule has 2 saturated heterocycles. The second kappa shape index (κ2) is 53.6. The minimum Gasteiger partial charge on any atom is -1.00 e. The Kier molecular flexibility index (Phi) is 45.9. The van der Waals surface area contributed by atoms with Gasteiger partial charge in [-0.25, -0.2) is 39.6 Å². The molecule has 0 saturated carbocycles. The van der Waals surface area contributed by atoms with Crippen LogP contribution >= 0.6 is 58.0 Å². The van der Waals surface area contributed by atoms with E-state index in [1.807, 2.05) is 67.7 Å². The molecule has 0 spiro atoms. The van der Waals surface area contributed by atoms with E-state index in [9.17, 15) is 63.6 Å². The lowest BCUT2D eigenvalue weighted by atomic mass is 9.83. The maximum absolute atomic E-state index is 13.0. The number of hydroxylamine groups is 4. The molecule has 0 bridgehead atoms. The van der Waals surface area contributed by atoms with Gasteiger partial charge in [0.05, 0.1) is 143 Å². The summed E-state index contributed by atoms with van der Waals surface area (Å²) in [6.45, 7) is 12.0. The van der Waals surface area contributed by atoms with Crippen molar-refractivity contribution in [3.63, 3.8) is 0 Å². The summed E-state index contributed by atoms with van der Waals surface area (Å²) in [4.78, 5) is 107. The Labute approximate surface area is 780 Å². The fraction of sp³-hybridized carbons (Fsp3) is 0.494. The number of halogens is 7. The van der Waals surface area contributed by atoms with Crippen LogP contribution in [0, 0.1) is 6.92 Å². The van der Waals surface area contributed by atoms with Gasteiger partial charge in [0.25, 0.3) is 23.6 Å². The van der Waals surface area contributed by atoms with Gasteiger partial charge < -0.3 is 88.7 Å². The number of ketones is 1. The first-order chi connectivity index (χ1) is 59.2. The zero-order chi connectivity index (χ0) is 89.7. The zero-order valence-electron chi connectivity index (χ0n) is 70.6. The molecule has 700 valence electrons. The van der Waals surface area contributed by atoms with Crippen LogP contribution in [-0.2, 0) is 126 Å². The van der Waals surface area contributed by atoms with E-state index in [1.165, 1.54) is 26.5 Å². The van der Waals surface area contributed by atoms with E-state index >= 15 is 0 Å². The van der Waals surface area contributed by atoms with Gasteiger partial charge >= 0.3 is 11.9 Å². The van der Waals surface area contributed by atoms with Gasteiger partial charge in [0.1, 0.15) is 18.9 Å². The van der Waals surface area contributed by atoms with Gasteiger partial charge in [-0.15, -0.1) is 10.1 Å². The molecule has 0 aliphatic carbocycles. The summed E-state index contributed by atoms with van der Waals surface area (Å²) >= 11 is 31.9. The molecule has 6 aromatic rings. The predicted molar refractivity (Wildman–Crippen MR) is 471 cm³/mol. The summed E-state index contributed by atoms with van der Waals surface area (Å²) in [7, 11) is -4.26. The number of carbonyl (C=O) groups excluding carboxylic acids is 8. The number of rotatable bonds is 44. The van der Waals surface area contributed by atoms with Crippen LogP contribution in [0.2, 0.25) is 25.1 Å². The molecule has 2 unspecified atom stereocenters. The first-order valence-electron chi connectivity index (χ1n) is 41.1. The largest absolute Gasteiger partial charge is 1.00 e. The van der Waals surface area contributed by atoms with Crippen LogP contribution in [0.5, 0.6) is 0 Å². The number of hydrogen-bond donors (Lipinski definition) is 5. The van der Waals surface area contributed by atoms with Gasteiger partial charge in [0.15, 0.2) is 19.7 Å². The van der Waals surface area contributed by atoms with Crippen molar-refractivity contribution >= 4 is 135 Å². The van der Waals surface area contributed by atoms with Crippen LogP contribution in [0.1, 0.15) is 158 Å². The fourth-order valence-corrected chi connectivity index (χ4v) is 19.8. The summed E-state index contributed by atoms with van der Waals surface area (Å²) in [5, 5.41) is 6.68. The van der Waals surface area contributed by atoms with Crippen LogP contribution in [0.3, 0.4) is 0 Å². The minimum absolute atomic E-state index is 0. The third-order valence-electron chi connectivity index (χ3n) is 21.0. The van der Waals surface area contributed by atoms with Gasteiger partial charge in [-0.3, -0.25) is 28.8 Å². The average molecular weight is 1970 g/mol. The highest BCUT2D eigenvalue weighted by atomic mass is 35.5. The van der Waals surface area contributed by atoms with E-state index < -0.39 is 78.1 Å². The van der Waals surface area contributed by atoms with E-state index in [2.05, 4.69) is 45.6 Å². The number of sulfone groups is 2. The first-order valence-corrected chi connectivity index (χ1v) is 47.8. The Hall–Kier alpha value is -6.88. The molecule has 5 aliphatic heterocycles. The molecule has 127 heavy (non-hydrogen) atoms. The van der Waals surface area contributed by atoms with Crippen molar-refractivity contribution in [3.05, 3.63) is 190 Å². The molecule has 6 aromatic carbocycles. The number of nitrogens with zero attached hydrogens (tertiary/aromatic N) is 3. The Bertz CT molecular complexity index is 4790. The lowest BCUT2D eigenvalue weighted by Gasteiger charge is -2.33. The second-order valence-corrected chi connectivity index (χ2v) is 38.8. The molecule has 30 nitrogen and oxygen atoms in total. The van der Waals surface area contributed by atoms with Gasteiger partial charge in [-0.05, 0) is 151 Å². The van der Waals surface area contributed by atoms with Gasteiger partial charge in [-0.1, -0.05) is 102 Å². The maximum atomic E-state index is 13.0. The van der Waals surface area contributed by atoms with Crippen molar-refractivity contribution in [3.8, 4) is 0 Å². The third kappa shape index (κ3) is 33.7. The van der Waals surface area contributed by atoms with Crippen LogP contribution in [0.15, 0.2) is 124 Å². The van der Waals surface area contributed by atoms with E-state index in [1.54, 1.807) is 48.5 Å². The molecular formula is C87H113Cl7N8O22S3. The lowest BCUT2D eigenvalue weighted by Crippen LogP contribution is -3.09. The molecule has 2 fully saturated rings. The van der Waals surface area contributed by atoms with Crippen molar-refractivity contribution in [2.45, 2.75) is 143 Å². The number of likely N-dealkylation sites (N-methyl/N-ethyl adjacent to an activating group) is 3. The number of nitrogens with two attached hydrogens (primary N) is 1. The summed E-state index contributed by atoms with van der Waals surface area (Å²) in [5.74, 6) is -4.49. The number of nitrogens with one attached hydrogen (secondary N) is 4. The number of imide groups is 2. The molecule has 5 aliphatic rings. The first kappa shape index (κ1) is 109. The van der Waals surface area contributed by atoms with Crippen molar-refractivity contribution in [1.29, 1.82) is 0 Å². The molecule has 5 heterocycles. The standard InChI is InChI=1S/C51H65Cl3N4O10S2.C23H30Cl2N2O4S.C12H12N2O8.CH4.2ClH/c1-36-28-39(52)29-44-46(36)32-57(2)33-47(44)38-9-14-43(15-10-38)70(63,64)56-18-22-68-26-23-65-19-4-6-41(59)11-16-51(60)55-17-21-67-25-24-66-20-5-27-69(61,62)42-12-7-37(8-13-42)48-34-58(3)35-49-45(48)30-40(53)31-50(49)54;1-27-15-21(20-13-18(24)14-23(25)22(20)16-27)17-3-5-19(6-4-17)32(28,29)12-2-8-30-10-11-31-9-7-26;15-7-1-2-8(16)13(7)21-11(19)5-6-12(20)22-14-9(17)3-4-10(14)18;;;/h7-10,12-15,28-31,47-48,56H,4-6,11,16-27,32-35H2,1-3H3,(H,55,60);3-6,13-14,21H,2,7-12,15-16,26H2,1H3;1-6H2;1H4;2*1H/t47-,48-;21-;;;;/m00..../s1. The average Bonchev–Trinajstić information content (AvgIpc) is 1.26. The van der Waals surface area contributed by atoms with E-state index in [-0.39, 0.29) is 168 Å². The zero-order valence-corrected chi connectivity index (χ0v) is 78.4. The van der Waals surface area contributed by atoms with E-state index in [0.717, 1.165) is 78.2 Å². The Balaban J connectivity index is 0.000000357. The number of sulfonamides is 1. The monoisotopic (exact) mass is 1960 g/mol. The normalized spacial score (nSPS) is 17.3. The maximum Gasteiger partial charge on any atom is 0.333 e. The van der Waals surface area contributed by atoms with Crippen molar-refractivity contribution in [1.82, 2.24) is 25.1 Å². The van der Waals surface area contributed by atoms with E-state index in [4.69, 9.17) is 92.2 Å². The summed E-state index contributed by atoms with van der Waals surface area (Å²) < 4.78 is 113. The second-order valence-electron chi connectivity index (χ2n) is 30.7. The van der Waals surface area contributed by atoms with Crippen LogP contribution in [0.25, 0.3) is 0 Å². The number of carbonyl (C=O) groups is 8. The number of quaternary nitrogens is 2. The number of amides is 5. The number of hydrogen-bond acceptors (Lipinski definition) is 24. The quantitative estimate of drug-likeness (QED) is 0.0270. The number of benzene rings is 6. The fourth-order valence-electron chi connectivity index (χ4n) is 14.8. The number of ether oxygens (including phenoxy) is 6. The minimum atomic E-state index is -3.72. The summed E-state index contributed by atoms with van der Waals surface area (Å²) in [5.41, 5.74) is 16.4. The Morgan fingerprint density at radius 3 is 1.31 bits per heavy atom. The van der Waals surface area contributed by atoms with Crippen molar-refractivity contribution in [2.75, 3.05) is 151 Å². The molecular weight excluding hydrogens is 1850 g/mol. The van der Waals surface area contributed by atoms with Crippen LogP contribution in [0.4, 0.5) is 0 Å². The Morgan fingerprint density at radius 1 is 0.465 bits per heavy atom. The molecule has 0 aromatic heterocycles. The number of aryl methyl sites for hydroxylation is 1. The molecule has 6 N–H and O–H groups in total. The molecule has 5 atom stereocenters. The van der Waals surface area contributed by atoms with Crippen molar-refractivity contribution < 1.29 is 136 Å². The highest BCUT2D eigenvalue weighted by Gasteiger charge is 2.37. The molecule has 0 radical (unpaired) electrons. The van der Waals surface area contributed by atoms with Crippen LogP contribution < -0.4 is 50.4 Å². The SMILES string of the molecule is C.CN1Cc2c(Cl)cc(Cl)cc2[C@H](c2ccc(S(=O)(=O)CCCOCCOCCN)cc2)C1.Cc1cc(Cl)cc2c1C[NH+](C)C[C@H]2c1ccc(S(=O)(=O)NCCOCCOCCCC(=O)CCC(=O)NCCOCCOCCCS(=O)(=O)c2ccc([C@@H]3C[NH+](C)Cc4c(Cl)cc(Cl)cc43)cc2)cc1.O=C(CCC(=O)ON1C(=O)CCC1=O)ON1C(=O)CCC1=O.[Cl-].[Cl-]. The molecule has 40 heteroatoms. The highest BCUT2D eigenvalue weighted by Crippen LogP contribution is 2.40. The van der Waals surface area contributed by atoms with Crippen molar-refractivity contribution in [2.24, 2.45) is 5.73 Å². The lowest BCUT2D eigenvalue weighted by molar-refractivity contribution is -0.897. The molecule has 11 rings (SSSR count). The van der Waals surface area contributed by atoms with Gasteiger partial charge in [-0.2, -0.15) is 0 Å². The topological polar surface area (TPSA) is 381 Å². The highest BCUT2D eigenvalue weighted by molar-refractivity contribution is 7.91. The Morgan fingerprint density at radius 2 is 0.850 bits per heavy atom. The number of Topliss-reactive ketones (excluding diaryl/α,β-unsaturated/α-hetero) is 1. The van der Waals surface area contributed by atoms with Gasteiger partial charge in [0, 0.05) is 135 Å². The van der Waals surface area contributed by atoms with Gasteiger partial charge in [0.2, 0.25) is 15.9 Å². The predicted octanol–water partition coefficient (Wildman–Crippen LogP) is 2.08. The third-order valence-corrected chi connectivity index (χ3v) is 27.5. The molecule has 5 amide bonds. The van der Waals surface area contributed by atoms with E-state index in [0.29, 0.717) is 119 Å². The smallest absolute Gasteiger partial charge is 0.333 e.